The van der Waals surface area contributed by atoms with E-state index in [1.165, 1.54) is 257 Å². The second-order valence-electron chi connectivity index (χ2n) is 20.1. The second kappa shape index (κ2) is 56.7. The summed E-state index contributed by atoms with van der Waals surface area (Å²) in [6.07, 6.45) is 71.9. The molecule has 0 aliphatic heterocycles. The van der Waals surface area contributed by atoms with Gasteiger partial charge in [0.25, 0.3) is 0 Å². The number of unbranched alkanes of at least 4 members (excludes halogenated alkanes) is 43. The lowest BCUT2D eigenvalue weighted by molar-refractivity contribution is -0.161. The Hall–Kier alpha value is -1.62. The third-order valence-corrected chi connectivity index (χ3v) is 13.5. The number of esters is 2. The largest absolute Gasteiger partial charge is 0.462 e. The average molecular weight is 916 g/mol. The number of allylic oxidation sites excluding steroid dienone is 4. The van der Waals surface area contributed by atoms with Gasteiger partial charge < -0.3 is 14.6 Å². The van der Waals surface area contributed by atoms with E-state index in [2.05, 4.69) is 38.2 Å². The minimum Gasteiger partial charge on any atom is -0.462 e. The Morgan fingerprint density at radius 2 is 0.569 bits per heavy atom. The minimum absolute atomic E-state index is 0.0647. The van der Waals surface area contributed by atoms with Gasteiger partial charge in [-0.3, -0.25) is 9.59 Å². The van der Waals surface area contributed by atoms with Gasteiger partial charge in [0.15, 0.2) is 6.10 Å². The SMILES string of the molecule is CCCCCCC/C=C\CCCCCCCC(=O)OCC(CO)OC(=O)CCCCCCCCCCCCCCCCCCCCCCCCCCC/C=C\CCCCCCCCCC. The van der Waals surface area contributed by atoms with Gasteiger partial charge in [-0.05, 0) is 64.2 Å². The fourth-order valence-corrected chi connectivity index (χ4v) is 9.02. The number of hydrogen-bond acceptors (Lipinski definition) is 5. The van der Waals surface area contributed by atoms with Crippen LogP contribution in [0.25, 0.3) is 0 Å². The molecule has 5 heteroatoms. The smallest absolute Gasteiger partial charge is 0.306 e. The quantitative estimate of drug-likeness (QED) is 0.0374. The summed E-state index contributed by atoms with van der Waals surface area (Å²) in [5.41, 5.74) is 0. The zero-order valence-electron chi connectivity index (χ0n) is 44.0. The van der Waals surface area contributed by atoms with Crippen LogP contribution >= 0.6 is 0 Å². The first-order valence-corrected chi connectivity index (χ1v) is 29.4. The number of aliphatic hydroxyl groups excluding tert-OH is 1. The first-order chi connectivity index (χ1) is 32.1. The number of rotatable bonds is 55. The second-order valence-corrected chi connectivity index (χ2v) is 20.1. The molecule has 5 nitrogen and oxygen atoms in total. The average Bonchev–Trinajstić information content (AvgIpc) is 3.31. The van der Waals surface area contributed by atoms with Gasteiger partial charge in [0.2, 0.25) is 0 Å². The van der Waals surface area contributed by atoms with Gasteiger partial charge in [0, 0.05) is 12.8 Å². The highest BCUT2D eigenvalue weighted by Crippen LogP contribution is 2.18. The van der Waals surface area contributed by atoms with E-state index >= 15 is 0 Å². The van der Waals surface area contributed by atoms with E-state index in [1.54, 1.807) is 0 Å². The van der Waals surface area contributed by atoms with Gasteiger partial charge in [0.1, 0.15) is 6.61 Å². The Morgan fingerprint density at radius 3 is 0.831 bits per heavy atom. The molecule has 0 aliphatic carbocycles. The number of carbonyl (C=O) groups excluding carboxylic acids is 2. The highest BCUT2D eigenvalue weighted by atomic mass is 16.6. The summed E-state index contributed by atoms with van der Waals surface area (Å²) >= 11 is 0. The monoisotopic (exact) mass is 915 g/mol. The van der Waals surface area contributed by atoms with Crippen molar-refractivity contribution in [1.82, 2.24) is 0 Å². The van der Waals surface area contributed by atoms with Crippen LogP contribution in [0.2, 0.25) is 0 Å². The van der Waals surface area contributed by atoms with E-state index in [0.717, 1.165) is 44.9 Å². The summed E-state index contributed by atoms with van der Waals surface area (Å²) in [5, 5.41) is 9.63. The fourth-order valence-electron chi connectivity index (χ4n) is 9.02. The normalized spacial score (nSPS) is 12.2. The van der Waals surface area contributed by atoms with Crippen LogP contribution in [-0.2, 0) is 19.1 Å². The molecule has 65 heavy (non-hydrogen) atoms. The van der Waals surface area contributed by atoms with Crippen LogP contribution in [0, 0.1) is 0 Å². The van der Waals surface area contributed by atoms with E-state index in [-0.39, 0.29) is 25.2 Å². The molecule has 0 bridgehead atoms. The molecule has 0 radical (unpaired) electrons. The summed E-state index contributed by atoms with van der Waals surface area (Å²) in [4.78, 5) is 24.4. The van der Waals surface area contributed by atoms with E-state index in [4.69, 9.17) is 9.47 Å². The minimum atomic E-state index is -0.771. The molecule has 0 saturated heterocycles. The zero-order chi connectivity index (χ0) is 47.0. The standard InChI is InChI=1S/C60H114O5/c1-3-5-7-9-11-13-15-17-19-20-21-22-23-24-25-26-27-28-29-30-31-32-33-34-35-36-37-38-39-40-41-43-45-47-49-51-53-55-60(63)65-58(56-61)57-64-59(62)54-52-50-48-46-44-42-18-16-14-12-10-8-6-4-2/h16,18,20-21,58,61H,3-15,17,19,22-57H2,1-2H3/b18-16-,21-20-. The van der Waals surface area contributed by atoms with Crippen molar-refractivity contribution >= 4 is 11.9 Å². The first kappa shape index (κ1) is 63.4. The zero-order valence-corrected chi connectivity index (χ0v) is 44.0. The van der Waals surface area contributed by atoms with Crippen LogP contribution < -0.4 is 0 Å². The van der Waals surface area contributed by atoms with Crippen molar-refractivity contribution in [2.24, 2.45) is 0 Å². The number of aliphatic hydroxyl groups is 1. The number of ether oxygens (including phenoxy) is 2. The van der Waals surface area contributed by atoms with Gasteiger partial charge in [-0.15, -0.1) is 0 Å². The van der Waals surface area contributed by atoms with Crippen LogP contribution in [0.4, 0.5) is 0 Å². The van der Waals surface area contributed by atoms with Gasteiger partial charge in [0.05, 0.1) is 6.61 Å². The van der Waals surface area contributed by atoms with E-state index in [0.29, 0.717) is 12.8 Å². The summed E-state index contributed by atoms with van der Waals surface area (Å²) in [6.45, 7) is 4.16. The Morgan fingerprint density at radius 1 is 0.338 bits per heavy atom. The lowest BCUT2D eigenvalue weighted by Gasteiger charge is -2.15. The molecule has 0 aromatic carbocycles. The van der Waals surface area contributed by atoms with Gasteiger partial charge in [-0.25, -0.2) is 0 Å². The molecule has 1 N–H and O–H groups in total. The highest BCUT2D eigenvalue weighted by molar-refractivity contribution is 5.70. The summed E-state index contributed by atoms with van der Waals surface area (Å²) in [6, 6.07) is 0. The molecular formula is C60H114O5. The Bertz CT molecular complexity index is 990. The summed E-state index contributed by atoms with van der Waals surface area (Å²) in [7, 11) is 0. The van der Waals surface area contributed by atoms with Crippen LogP contribution in [-0.4, -0.2) is 36.4 Å². The lowest BCUT2D eigenvalue weighted by Crippen LogP contribution is -2.28. The van der Waals surface area contributed by atoms with Crippen molar-refractivity contribution in [3.05, 3.63) is 24.3 Å². The van der Waals surface area contributed by atoms with Gasteiger partial charge in [-0.2, -0.15) is 0 Å². The van der Waals surface area contributed by atoms with Crippen molar-refractivity contribution in [3.8, 4) is 0 Å². The van der Waals surface area contributed by atoms with Crippen molar-refractivity contribution in [2.75, 3.05) is 13.2 Å². The van der Waals surface area contributed by atoms with Crippen LogP contribution in [0.3, 0.4) is 0 Å². The Kier molecular flexibility index (Phi) is 55.3. The van der Waals surface area contributed by atoms with Crippen molar-refractivity contribution < 1.29 is 24.2 Å². The molecule has 384 valence electrons. The molecule has 0 rings (SSSR count). The molecule has 0 amide bonds. The molecule has 0 spiro atoms. The molecule has 0 aromatic rings. The van der Waals surface area contributed by atoms with E-state index in [9.17, 15) is 14.7 Å². The Balaban J connectivity index is 3.36. The van der Waals surface area contributed by atoms with Crippen molar-refractivity contribution in [3.63, 3.8) is 0 Å². The predicted octanol–water partition coefficient (Wildman–Crippen LogP) is 19.7. The maximum atomic E-state index is 12.3. The molecular weight excluding hydrogens is 801 g/mol. The topological polar surface area (TPSA) is 72.8 Å². The molecule has 0 fully saturated rings. The maximum Gasteiger partial charge on any atom is 0.306 e. The third kappa shape index (κ3) is 54.9. The summed E-state index contributed by atoms with van der Waals surface area (Å²) < 4.78 is 10.7. The third-order valence-electron chi connectivity index (χ3n) is 13.5. The molecule has 1 atom stereocenters. The lowest BCUT2D eigenvalue weighted by atomic mass is 10.0. The van der Waals surface area contributed by atoms with E-state index < -0.39 is 6.10 Å². The van der Waals surface area contributed by atoms with E-state index in [1.807, 2.05) is 0 Å². The molecule has 0 aliphatic rings. The van der Waals surface area contributed by atoms with Crippen LogP contribution in [0.15, 0.2) is 24.3 Å². The van der Waals surface area contributed by atoms with Crippen molar-refractivity contribution in [1.29, 1.82) is 0 Å². The molecule has 0 aromatic heterocycles. The first-order valence-electron chi connectivity index (χ1n) is 29.4. The Labute approximate surface area is 406 Å². The fraction of sp³-hybridized carbons (Fsp3) is 0.900. The van der Waals surface area contributed by atoms with Crippen LogP contribution in [0.5, 0.6) is 0 Å². The van der Waals surface area contributed by atoms with Crippen molar-refractivity contribution in [2.45, 2.75) is 335 Å². The molecule has 1 unspecified atom stereocenters. The number of hydrogen-bond donors (Lipinski definition) is 1. The summed E-state index contributed by atoms with van der Waals surface area (Å²) in [5.74, 6) is -0.584. The molecule has 0 saturated carbocycles. The number of carbonyl (C=O) groups is 2. The van der Waals surface area contributed by atoms with Gasteiger partial charge >= 0.3 is 11.9 Å². The van der Waals surface area contributed by atoms with Crippen LogP contribution in [0.1, 0.15) is 328 Å². The van der Waals surface area contributed by atoms with Gasteiger partial charge in [-0.1, -0.05) is 276 Å². The predicted molar refractivity (Wildman–Crippen MR) is 284 cm³/mol. The maximum absolute atomic E-state index is 12.3. The highest BCUT2D eigenvalue weighted by Gasteiger charge is 2.16. The molecule has 0 heterocycles.